The first-order valence-corrected chi connectivity index (χ1v) is 13.8. The molecule has 1 atom stereocenters. The van der Waals surface area contributed by atoms with Crippen LogP contribution in [0.1, 0.15) is 29.3 Å². The van der Waals surface area contributed by atoms with Gasteiger partial charge < -0.3 is 24.5 Å². The number of hydrogen-bond acceptors (Lipinski definition) is 7. The maximum Gasteiger partial charge on any atom is 0.408 e. The smallest absolute Gasteiger partial charge is 0.408 e. The van der Waals surface area contributed by atoms with Gasteiger partial charge in [-0.25, -0.2) is 15.2 Å². The summed E-state index contributed by atoms with van der Waals surface area (Å²) in [6, 6.07) is 18.8. The number of alkyl carbamates (subject to hydrolysis) is 1. The second kappa shape index (κ2) is 15.5. The van der Waals surface area contributed by atoms with Gasteiger partial charge in [-0.15, -0.1) is 0 Å². The minimum atomic E-state index is -0.970. The predicted octanol–water partition coefficient (Wildman–Crippen LogP) is 5.68. The Labute approximate surface area is 253 Å². The van der Waals surface area contributed by atoms with Crippen molar-refractivity contribution in [2.45, 2.75) is 32.6 Å². The zero-order chi connectivity index (χ0) is 29.7. The number of aromatic nitrogens is 2. The molecule has 1 aromatic heterocycles. The number of carbonyl (C=O) groups is 2. The lowest BCUT2D eigenvalue weighted by molar-refractivity contribution is -0.123. The highest BCUT2D eigenvalue weighted by atomic mass is 35.5. The number of rotatable bonds is 13. The molecule has 4 aromatic rings. The average molecular weight is 610 g/mol. The summed E-state index contributed by atoms with van der Waals surface area (Å²) < 4.78 is 16.9. The summed E-state index contributed by atoms with van der Waals surface area (Å²) >= 11 is 12.1. The van der Waals surface area contributed by atoms with Crippen LogP contribution in [0.3, 0.4) is 0 Å². The summed E-state index contributed by atoms with van der Waals surface area (Å²) in [5.41, 5.74) is 5.46. The van der Waals surface area contributed by atoms with E-state index in [0.29, 0.717) is 39.4 Å². The van der Waals surface area contributed by atoms with Crippen molar-refractivity contribution in [3.8, 4) is 11.5 Å². The standard InChI is InChI=1S/C30H29Cl2N5O5/c1-2-40-28-13-21(9-11-27(28)41-18-22-8-10-24(31)25(32)12-22)15-35-37-29(38)26(14-23-16-33-19-34-23)36-30(39)42-17-20-6-4-3-5-7-20/h3-13,15-16,19,26H,2,14,17-18H2,1H3,(H,33,34)(H,36,39)(H,37,38)/b35-15-/t26-/m0/s1. The van der Waals surface area contributed by atoms with Crippen LogP contribution < -0.4 is 20.2 Å². The van der Waals surface area contributed by atoms with Gasteiger partial charge in [-0.05, 0) is 53.9 Å². The number of amides is 2. The Hall–Kier alpha value is -4.54. The lowest BCUT2D eigenvalue weighted by Gasteiger charge is -2.16. The molecule has 2 amide bonds. The molecule has 0 aliphatic carbocycles. The zero-order valence-corrected chi connectivity index (χ0v) is 24.2. The molecule has 0 saturated carbocycles. The topological polar surface area (TPSA) is 127 Å². The number of hydrogen-bond donors (Lipinski definition) is 3. The third-order valence-electron chi connectivity index (χ3n) is 5.83. The molecule has 3 N–H and O–H groups in total. The Morgan fingerprint density at radius 1 is 0.976 bits per heavy atom. The van der Waals surface area contributed by atoms with Crippen molar-refractivity contribution < 1.29 is 23.8 Å². The molecule has 10 nitrogen and oxygen atoms in total. The van der Waals surface area contributed by atoms with Gasteiger partial charge >= 0.3 is 6.09 Å². The van der Waals surface area contributed by atoms with Crippen molar-refractivity contribution in [3.05, 3.63) is 112 Å². The van der Waals surface area contributed by atoms with E-state index < -0.39 is 18.0 Å². The van der Waals surface area contributed by atoms with E-state index in [0.717, 1.165) is 11.1 Å². The van der Waals surface area contributed by atoms with Gasteiger partial charge in [0.05, 0.1) is 29.2 Å². The molecule has 42 heavy (non-hydrogen) atoms. The molecule has 3 aromatic carbocycles. The predicted molar refractivity (Wildman–Crippen MR) is 160 cm³/mol. The Morgan fingerprint density at radius 3 is 2.55 bits per heavy atom. The zero-order valence-electron chi connectivity index (χ0n) is 22.7. The monoisotopic (exact) mass is 609 g/mol. The number of benzene rings is 3. The van der Waals surface area contributed by atoms with Crippen molar-refractivity contribution in [2.24, 2.45) is 5.10 Å². The number of aromatic amines is 1. The van der Waals surface area contributed by atoms with E-state index in [2.05, 4.69) is 25.8 Å². The number of nitrogens with zero attached hydrogens (tertiary/aromatic N) is 2. The molecule has 218 valence electrons. The summed E-state index contributed by atoms with van der Waals surface area (Å²) in [7, 11) is 0. The highest BCUT2D eigenvalue weighted by Gasteiger charge is 2.22. The van der Waals surface area contributed by atoms with Crippen LogP contribution in [0.4, 0.5) is 4.79 Å². The highest BCUT2D eigenvalue weighted by Crippen LogP contribution is 2.30. The van der Waals surface area contributed by atoms with Gasteiger partial charge in [-0.2, -0.15) is 5.10 Å². The van der Waals surface area contributed by atoms with E-state index in [9.17, 15) is 9.59 Å². The van der Waals surface area contributed by atoms with Gasteiger partial charge in [-0.1, -0.05) is 59.6 Å². The van der Waals surface area contributed by atoms with Crippen molar-refractivity contribution in [2.75, 3.05) is 6.61 Å². The summed E-state index contributed by atoms with van der Waals surface area (Å²) in [5.74, 6) is 0.499. The van der Waals surface area contributed by atoms with E-state index in [1.54, 1.807) is 36.5 Å². The third kappa shape index (κ3) is 9.25. The first-order chi connectivity index (χ1) is 20.4. The van der Waals surface area contributed by atoms with Crippen LogP contribution >= 0.6 is 23.2 Å². The summed E-state index contributed by atoms with van der Waals surface area (Å²) in [6.07, 6.45) is 3.94. The normalized spacial score (nSPS) is 11.6. The number of hydrazone groups is 1. The lowest BCUT2D eigenvalue weighted by atomic mass is 10.1. The van der Waals surface area contributed by atoms with Crippen LogP contribution in [0.2, 0.25) is 10.0 Å². The number of nitrogens with one attached hydrogen (secondary N) is 3. The number of imidazole rings is 1. The van der Waals surface area contributed by atoms with Crippen LogP contribution in [0.15, 0.2) is 84.4 Å². The fourth-order valence-electron chi connectivity index (χ4n) is 3.76. The Bertz CT molecular complexity index is 1500. The van der Waals surface area contributed by atoms with Crippen LogP contribution in [0.25, 0.3) is 0 Å². The van der Waals surface area contributed by atoms with E-state index >= 15 is 0 Å². The molecule has 0 fully saturated rings. The van der Waals surface area contributed by atoms with Crippen molar-refractivity contribution in [1.82, 2.24) is 20.7 Å². The first kappa shape index (κ1) is 30.4. The van der Waals surface area contributed by atoms with E-state index in [1.807, 2.05) is 43.3 Å². The fraction of sp³-hybridized carbons (Fsp3) is 0.200. The first-order valence-electron chi connectivity index (χ1n) is 13.0. The van der Waals surface area contributed by atoms with Gasteiger partial charge in [0, 0.05) is 18.3 Å². The number of ether oxygens (including phenoxy) is 3. The Kier molecular flexibility index (Phi) is 11.2. The molecule has 0 aliphatic heterocycles. The van der Waals surface area contributed by atoms with Gasteiger partial charge in [0.25, 0.3) is 5.91 Å². The second-order valence-electron chi connectivity index (χ2n) is 8.95. The molecule has 4 rings (SSSR count). The second-order valence-corrected chi connectivity index (χ2v) is 9.76. The molecule has 0 unspecified atom stereocenters. The van der Waals surface area contributed by atoms with Crippen LogP contribution in [0, 0.1) is 0 Å². The molecule has 0 radical (unpaired) electrons. The molecular weight excluding hydrogens is 581 g/mol. The average Bonchev–Trinajstić information content (AvgIpc) is 3.51. The third-order valence-corrected chi connectivity index (χ3v) is 6.57. The quantitative estimate of drug-likeness (QED) is 0.132. The fourth-order valence-corrected chi connectivity index (χ4v) is 4.08. The lowest BCUT2D eigenvalue weighted by Crippen LogP contribution is -2.47. The SMILES string of the molecule is CCOc1cc(/C=N\NC(=O)[C@H](Cc2cnc[nH]2)NC(=O)OCc2ccccc2)ccc1OCc1ccc(Cl)c(Cl)c1. The molecule has 1 heterocycles. The Balaban J connectivity index is 1.37. The van der Waals surface area contributed by atoms with Gasteiger partial charge in [0.2, 0.25) is 0 Å². The van der Waals surface area contributed by atoms with Crippen LogP contribution in [-0.4, -0.2) is 40.8 Å². The minimum Gasteiger partial charge on any atom is -0.490 e. The largest absolute Gasteiger partial charge is 0.490 e. The molecule has 0 spiro atoms. The minimum absolute atomic E-state index is 0.0680. The van der Waals surface area contributed by atoms with Crippen LogP contribution in [0.5, 0.6) is 11.5 Å². The summed E-state index contributed by atoms with van der Waals surface area (Å²) in [6.45, 7) is 2.61. The molecule has 0 saturated heterocycles. The van der Waals surface area contributed by atoms with Crippen molar-refractivity contribution >= 4 is 41.4 Å². The van der Waals surface area contributed by atoms with E-state index in [1.165, 1.54) is 12.5 Å². The van der Waals surface area contributed by atoms with Gasteiger partial charge in [0.1, 0.15) is 19.3 Å². The summed E-state index contributed by atoms with van der Waals surface area (Å²) in [4.78, 5) is 32.3. The van der Waals surface area contributed by atoms with E-state index in [4.69, 9.17) is 37.4 Å². The number of halogens is 2. The summed E-state index contributed by atoms with van der Waals surface area (Å²) in [5, 5.41) is 7.58. The van der Waals surface area contributed by atoms with Gasteiger partial charge in [-0.3, -0.25) is 4.79 Å². The molecule has 0 aliphatic rings. The van der Waals surface area contributed by atoms with Crippen molar-refractivity contribution in [1.29, 1.82) is 0 Å². The van der Waals surface area contributed by atoms with Gasteiger partial charge in [0.15, 0.2) is 11.5 Å². The number of H-pyrrole nitrogens is 1. The molecule has 12 heteroatoms. The Morgan fingerprint density at radius 2 is 1.81 bits per heavy atom. The molecule has 0 bridgehead atoms. The highest BCUT2D eigenvalue weighted by molar-refractivity contribution is 6.42. The maximum absolute atomic E-state index is 13.0. The maximum atomic E-state index is 13.0. The van der Waals surface area contributed by atoms with Crippen molar-refractivity contribution in [3.63, 3.8) is 0 Å². The van der Waals surface area contributed by atoms with E-state index in [-0.39, 0.29) is 19.6 Å². The number of carbonyl (C=O) groups excluding carboxylic acids is 2. The van der Waals surface area contributed by atoms with Crippen LogP contribution in [-0.2, 0) is 29.2 Å². The molecular formula is C30H29Cl2N5O5.